The molecule has 0 aliphatic carbocycles. The van der Waals surface area contributed by atoms with Gasteiger partial charge in [-0.2, -0.15) is 0 Å². The van der Waals surface area contributed by atoms with E-state index in [1.165, 1.54) is 5.56 Å². The van der Waals surface area contributed by atoms with Gasteiger partial charge < -0.3 is 14.8 Å². The fourth-order valence-electron chi connectivity index (χ4n) is 1.64. The maximum Gasteiger partial charge on any atom is 0.213 e. The third kappa shape index (κ3) is 5.02. The van der Waals surface area contributed by atoms with E-state index in [4.69, 9.17) is 9.47 Å². The number of methoxy groups -OCH3 is 1. The van der Waals surface area contributed by atoms with Crippen LogP contribution < -0.4 is 10.1 Å². The second-order valence-electron chi connectivity index (χ2n) is 4.62. The molecule has 0 aliphatic rings. The Labute approximate surface area is 110 Å². The number of nitrogens with one attached hydrogen (secondary N) is 1. The van der Waals surface area contributed by atoms with Crippen molar-refractivity contribution < 1.29 is 9.47 Å². The first-order chi connectivity index (χ1) is 8.67. The molecule has 1 aromatic rings. The molecule has 0 radical (unpaired) electrons. The van der Waals surface area contributed by atoms with Crippen molar-refractivity contribution in [1.29, 1.82) is 0 Å². The molecule has 1 heterocycles. The first-order valence-electron chi connectivity index (χ1n) is 6.44. The van der Waals surface area contributed by atoms with Crippen LogP contribution >= 0.6 is 0 Å². The molecular formula is C14H24N2O2. The Morgan fingerprint density at radius 1 is 1.28 bits per heavy atom. The number of rotatable bonds is 8. The van der Waals surface area contributed by atoms with Crippen molar-refractivity contribution >= 4 is 0 Å². The third-order valence-corrected chi connectivity index (χ3v) is 2.60. The fraction of sp³-hybridized carbons (Fsp3) is 0.643. The maximum atomic E-state index is 5.67. The summed E-state index contributed by atoms with van der Waals surface area (Å²) in [5.74, 6) is 1.12. The van der Waals surface area contributed by atoms with Crippen molar-refractivity contribution in [3.8, 4) is 5.88 Å². The molecule has 0 saturated carbocycles. The highest BCUT2D eigenvalue weighted by molar-refractivity contribution is 5.26. The Morgan fingerprint density at radius 3 is 2.67 bits per heavy atom. The van der Waals surface area contributed by atoms with Gasteiger partial charge in [0, 0.05) is 38.4 Å². The van der Waals surface area contributed by atoms with Gasteiger partial charge in [0.15, 0.2) is 0 Å². The van der Waals surface area contributed by atoms with Crippen molar-refractivity contribution in [2.75, 3.05) is 27.4 Å². The van der Waals surface area contributed by atoms with Crippen LogP contribution in [0.15, 0.2) is 12.1 Å². The molecule has 0 amide bonds. The van der Waals surface area contributed by atoms with Gasteiger partial charge in [0.1, 0.15) is 0 Å². The van der Waals surface area contributed by atoms with Gasteiger partial charge in [0.25, 0.3) is 0 Å². The van der Waals surface area contributed by atoms with Crippen LogP contribution in [-0.4, -0.2) is 32.4 Å². The molecule has 1 rings (SSSR count). The van der Waals surface area contributed by atoms with Crippen molar-refractivity contribution in [2.45, 2.75) is 32.7 Å². The van der Waals surface area contributed by atoms with Crippen molar-refractivity contribution in [3.63, 3.8) is 0 Å². The largest absolute Gasteiger partial charge is 0.478 e. The van der Waals surface area contributed by atoms with Gasteiger partial charge in [-0.15, -0.1) is 0 Å². The lowest BCUT2D eigenvalue weighted by Gasteiger charge is -2.12. The maximum absolute atomic E-state index is 5.67. The molecule has 102 valence electrons. The average molecular weight is 252 g/mol. The second kappa shape index (κ2) is 8.06. The van der Waals surface area contributed by atoms with Gasteiger partial charge in [-0.25, -0.2) is 4.98 Å². The molecule has 18 heavy (non-hydrogen) atoms. The predicted molar refractivity (Wildman–Crippen MR) is 73.1 cm³/mol. The van der Waals surface area contributed by atoms with Crippen LogP contribution in [0.4, 0.5) is 0 Å². The van der Waals surface area contributed by atoms with E-state index >= 15 is 0 Å². The van der Waals surface area contributed by atoms with Gasteiger partial charge in [-0.3, -0.25) is 0 Å². The lowest BCUT2D eigenvalue weighted by atomic mass is 10.1. The van der Waals surface area contributed by atoms with E-state index in [0.717, 1.165) is 18.7 Å². The normalized spacial score (nSPS) is 10.9. The molecule has 1 aromatic heterocycles. The van der Waals surface area contributed by atoms with Crippen LogP contribution in [0.5, 0.6) is 5.88 Å². The van der Waals surface area contributed by atoms with Gasteiger partial charge >= 0.3 is 0 Å². The molecule has 0 fully saturated rings. The lowest BCUT2D eigenvalue weighted by molar-refractivity contribution is 0.170. The summed E-state index contributed by atoms with van der Waals surface area (Å²) in [5.41, 5.74) is 2.28. The Morgan fingerprint density at radius 2 is 2.06 bits per heavy atom. The minimum absolute atomic E-state index is 0.406. The number of hydrogen-bond donors (Lipinski definition) is 1. The molecule has 0 saturated heterocycles. The molecule has 0 spiro atoms. The summed E-state index contributed by atoms with van der Waals surface area (Å²) in [6.07, 6.45) is 0.880. The summed E-state index contributed by atoms with van der Waals surface area (Å²) in [6.45, 7) is 6.46. The van der Waals surface area contributed by atoms with Gasteiger partial charge in [-0.1, -0.05) is 13.8 Å². The number of ether oxygens (including phenoxy) is 2. The van der Waals surface area contributed by atoms with E-state index in [9.17, 15) is 0 Å². The highest BCUT2D eigenvalue weighted by atomic mass is 16.5. The van der Waals surface area contributed by atoms with Crippen LogP contribution in [0.3, 0.4) is 0 Å². The zero-order valence-electron chi connectivity index (χ0n) is 11.8. The number of hydrogen-bond acceptors (Lipinski definition) is 4. The van der Waals surface area contributed by atoms with Crippen LogP contribution in [-0.2, 0) is 11.3 Å². The zero-order chi connectivity index (χ0) is 13.4. The first kappa shape index (κ1) is 14.9. The molecule has 0 aromatic carbocycles. The van der Waals surface area contributed by atoms with Gasteiger partial charge in [0.05, 0.1) is 6.61 Å². The van der Waals surface area contributed by atoms with Crippen molar-refractivity contribution in [2.24, 2.45) is 0 Å². The molecular weight excluding hydrogens is 228 g/mol. The second-order valence-corrected chi connectivity index (χ2v) is 4.62. The molecule has 0 atom stereocenters. The number of pyridine rings is 1. The third-order valence-electron chi connectivity index (χ3n) is 2.60. The van der Waals surface area contributed by atoms with Crippen molar-refractivity contribution in [3.05, 3.63) is 23.4 Å². The molecule has 4 nitrogen and oxygen atoms in total. The van der Waals surface area contributed by atoms with Crippen LogP contribution in [0, 0.1) is 0 Å². The van der Waals surface area contributed by atoms with Crippen LogP contribution in [0.1, 0.15) is 37.4 Å². The summed E-state index contributed by atoms with van der Waals surface area (Å²) in [6, 6.07) is 4.12. The van der Waals surface area contributed by atoms with E-state index in [1.807, 2.05) is 13.1 Å². The van der Waals surface area contributed by atoms with Gasteiger partial charge in [0.2, 0.25) is 5.88 Å². The minimum Gasteiger partial charge on any atom is -0.478 e. The standard InChI is InChI=1S/C14H24N2O2/c1-11(2)13-8-12(10-15-3)9-14(16-13)18-7-5-6-17-4/h8-9,11,15H,5-7,10H2,1-4H3. The van der Waals surface area contributed by atoms with E-state index in [0.29, 0.717) is 25.0 Å². The van der Waals surface area contributed by atoms with Crippen LogP contribution in [0.2, 0.25) is 0 Å². The Kier molecular flexibility index (Phi) is 6.68. The Hall–Kier alpha value is -1.13. The van der Waals surface area contributed by atoms with E-state index in [-0.39, 0.29) is 0 Å². The predicted octanol–water partition coefficient (Wildman–Crippen LogP) is 2.34. The SMILES string of the molecule is CNCc1cc(OCCCOC)nc(C(C)C)c1. The average Bonchev–Trinajstić information content (AvgIpc) is 2.35. The zero-order valence-corrected chi connectivity index (χ0v) is 11.8. The quantitative estimate of drug-likeness (QED) is 0.721. The number of nitrogens with zero attached hydrogens (tertiary/aromatic N) is 1. The Bertz CT molecular complexity index is 354. The molecule has 0 unspecified atom stereocenters. The summed E-state index contributed by atoms with van der Waals surface area (Å²) in [4.78, 5) is 4.52. The van der Waals surface area contributed by atoms with E-state index in [2.05, 4.69) is 30.2 Å². The summed E-state index contributed by atoms with van der Waals surface area (Å²) in [5, 5.41) is 3.15. The Balaban J connectivity index is 2.69. The number of aromatic nitrogens is 1. The van der Waals surface area contributed by atoms with Crippen molar-refractivity contribution in [1.82, 2.24) is 10.3 Å². The summed E-state index contributed by atoms with van der Waals surface area (Å²) in [7, 11) is 3.64. The topological polar surface area (TPSA) is 43.4 Å². The highest BCUT2D eigenvalue weighted by Crippen LogP contribution is 2.19. The molecule has 0 bridgehead atoms. The molecule has 0 aliphatic heterocycles. The lowest BCUT2D eigenvalue weighted by Crippen LogP contribution is -2.09. The smallest absolute Gasteiger partial charge is 0.213 e. The van der Waals surface area contributed by atoms with E-state index in [1.54, 1.807) is 7.11 Å². The van der Waals surface area contributed by atoms with E-state index < -0.39 is 0 Å². The highest BCUT2D eigenvalue weighted by Gasteiger charge is 2.06. The summed E-state index contributed by atoms with van der Waals surface area (Å²) >= 11 is 0. The van der Waals surface area contributed by atoms with Crippen LogP contribution in [0.25, 0.3) is 0 Å². The summed E-state index contributed by atoms with van der Waals surface area (Å²) < 4.78 is 10.7. The van der Waals surface area contributed by atoms with Gasteiger partial charge in [-0.05, 0) is 24.6 Å². The minimum atomic E-state index is 0.406. The monoisotopic (exact) mass is 252 g/mol. The fourth-order valence-corrected chi connectivity index (χ4v) is 1.64. The first-order valence-corrected chi connectivity index (χ1v) is 6.44. The molecule has 4 heteroatoms. The molecule has 1 N–H and O–H groups in total.